The third-order valence-corrected chi connectivity index (χ3v) is 8.24. The Labute approximate surface area is 198 Å². The van der Waals surface area contributed by atoms with Crippen LogP contribution in [-0.2, 0) is 9.59 Å². The molecule has 34 heavy (non-hydrogen) atoms. The van der Waals surface area contributed by atoms with Crippen molar-refractivity contribution in [3.05, 3.63) is 30.0 Å². The number of ketones is 1. The van der Waals surface area contributed by atoms with Crippen LogP contribution in [0.15, 0.2) is 24.3 Å². The summed E-state index contributed by atoms with van der Waals surface area (Å²) in [4.78, 5) is 43.8. The molecule has 3 aliphatic rings. The number of hydrogen-bond acceptors (Lipinski definition) is 5. The number of nitrogens with one attached hydrogen (secondary N) is 2. The van der Waals surface area contributed by atoms with E-state index in [0.29, 0.717) is 30.8 Å². The van der Waals surface area contributed by atoms with Gasteiger partial charge in [-0.15, -0.1) is 0 Å². The van der Waals surface area contributed by atoms with Crippen molar-refractivity contribution in [3.63, 3.8) is 0 Å². The van der Waals surface area contributed by atoms with Crippen LogP contribution in [0.2, 0.25) is 0 Å². The minimum absolute atomic E-state index is 0.0357. The Hall–Kier alpha value is -3.34. The number of carbonyl (C=O) groups excluding carboxylic acids is 3. The van der Waals surface area contributed by atoms with Gasteiger partial charge in [-0.05, 0) is 54.7 Å². The number of ether oxygens (including phenoxy) is 1. The lowest BCUT2D eigenvalue weighted by molar-refractivity contribution is -0.127. The van der Waals surface area contributed by atoms with Crippen LogP contribution in [0.25, 0.3) is 10.9 Å². The molecular weight excluding hydrogens is 432 g/mol. The largest absolute Gasteiger partial charge is 0.496 e. The summed E-state index contributed by atoms with van der Waals surface area (Å²) in [5.41, 5.74) is 1.16. The number of piperidine rings is 1. The van der Waals surface area contributed by atoms with Gasteiger partial charge in [-0.3, -0.25) is 14.4 Å². The summed E-state index contributed by atoms with van der Waals surface area (Å²) in [5, 5.41) is 13.3. The van der Waals surface area contributed by atoms with Crippen molar-refractivity contribution < 1.29 is 19.1 Å². The fraction of sp³-hybridized carbons (Fsp3) is 0.538. The van der Waals surface area contributed by atoms with Crippen LogP contribution in [0, 0.1) is 34.5 Å². The molecule has 1 aliphatic heterocycles. The van der Waals surface area contributed by atoms with Crippen molar-refractivity contribution in [2.75, 3.05) is 13.7 Å². The minimum Gasteiger partial charge on any atom is -0.496 e. The van der Waals surface area contributed by atoms with Crippen molar-refractivity contribution in [1.29, 1.82) is 5.26 Å². The molecule has 1 aromatic carbocycles. The van der Waals surface area contributed by atoms with E-state index in [9.17, 15) is 19.6 Å². The average Bonchev–Trinajstić information content (AvgIpc) is 3.33. The zero-order valence-electron chi connectivity index (χ0n) is 19.8. The molecule has 5 rings (SSSR count). The van der Waals surface area contributed by atoms with Crippen LogP contribution < -0.4 is 10.1 Å². The van der Waals surface area contributed by atoms with E-state index < -0.39 is 12.1 Å². The van der Waals surface area contributed by atoms with E-state index in [-0.39, 0.29) is 40.8 Å². The summed E-state index contributed by atoms with van der Waals surface area (Å²) in [7, 11) is 1.59. The summed E-state index contributed by atoms with van der Waals surface area (Å²) in [5.74, 6) is 0.414. The quantitative estimate of drug-likeness (QED) is 0.685. The van der Waals surface area contributed by atoms with Gasteiger partial charge in [0.15, 0.2) is 0 Å². The van der Waals surface area contributed by atoms with Crippen LogP contribution in [0.3, 0.4) is 0 Å². The highest BCUT2D eigenvalue weighted by atomic mass is 16.5. The van der Waals surface area contributed by atoms with E-state index in [1.165, 1.54) is 0 Å². The molecule has 8 nitrogen and oxygen atoms in total. The SMILES string of the molecule is COc1cccc2[nH]c(C(=O)N3C[C@H]4C([C@H]3C(=O)N[C@H](C#N)C[C@@H]3CCCC3=O)C4(C)C)cc12. The van der Waals surface area contributed by atoms with Crippen LogP contribution in [-0.4, -0.2) is 53.2 Å². The van der Waals surface area contributed by atoms with E-state index >= 15 is 0 Å². The number of likely N-dealkylation sites (tertiary alicyclic amines) is 1. The maximum absolute atomic E-state index is 13.5. The van der Waals surface area contributed by atoms with E-state index in [1.54, 1.807) is 18.1 Å². The molecule has 5 atom stereocenters. The number of aromatic nitrogens is 1. The Kier molecular flexibility index (Phi) is 5.38. The Bertz CT molecular complexity index is 1210. The predicted octanol–water partition coefficient (Wildman–Crippen LogP) is 3.04. The molecule has 0 radical (unpaired) electrons. The topological polar surface area (TPSA) is 115 Å². The fourth-order valence-electron chi connectivity index (χ4n) is 6.19. The second kappa shape index (κ2) is 8.15. The minimum atomic E-state index is -0.741. The van der Waals surface area contributed by atoms with Gasteiger partial charge in [-0.2, -0.15) is 5.26 Å². The number of nitrogens with zero attached hydrogens (tertiary/aromatic N) is 2. The maximum atomic E-state index is 13.5. The second-order valence-electron chi connectivity index (χ2n) is 10.4. The molecule has 8 heteroatoms. The van der Waals surface area contributed by atoms with Crippen molar-refractivity contribution in [3.8, 4) is 11.8 Å². The number of carbonyl (C=O) groups is 3. The molecule has 2 aliphatic carbocycles. The fourth-order valence-corrected chi connectivity index (χ4v) is 6.19. The highest BCUT2D eigenvalue weighted by Gasteiger charge is 2.69. The highest BCUT2D eigenvalue weighted by Crippen LogP contribution is 2.65. The molecule has 0 bridgehead atoms. The van der Waals surface area contributed by atoms with Gasteiger partial charge in [0.05, 0.1) is 13.2 Å². The van der Waals surface area contributed by atoms with E-state index in [1.807, 2.05) is 18.2 Å². The standard InChI is InChI=1S/C26H30N4O4/c1-26(2)17-13-30(25(33)19-11-16-18(29-19)7-5-9-21(16)34-3)23(22(17)26)24(32)28-15(12-27)10-14-6-4-8-20(14)31/h5,7,9,11,14-15,17,22-23,29H,4,6,8,10,13H2,1-3H3,(H,28,32)/t14-,15-,17-,22?,23-/m0/s1. The molecule has 2 aromatic rings. The summed E-state index contributed by atoms with van der Waals surface area (Å²) in [6, 6.07) is 8.11. The highest BCUT2D eigenvalue weighted by molar-refractivity contribution is 6.02. The Morgan fingerprint density at radius 2 is 2.18 bits per heavy atom. The molecule has 2 heterocycles. The third-order valence-electron chi connectivity index (χ3n) is 8.24. The maximum Gasteiger partial charge on any atom is 0.271 e. The van der Waals surface area contributed by atoms with Gasteiger partial charge in [0.25, 0.3) is 5.91 Å². The average molecular weight is 463 g/mol. The van der Waals surface area contributed by atoms with Crippen molar-refractivity contribution in [2.24, 2.45) is 23.2 Å². The first-order valence-corrected chi connectivity index (χ1v) is 12.0. The monoisotopic (exact) mass is 462 g/mol. The van der Waals surface area contributed by atoms with Gasteiger partial charge in [-0.25, -0.2) is 0 Å². The van der Waals surface area contributed by atoms with E-state index in [2.05, 4.69) is 30.2 Å². The summed E-state index contributed by atoms with van der Waals surface area (Å²) in [6.07, 6.45) is 2.49. The van der Waals surface area contributed by atoms with Crippen molar-refractivity contribution in [2.45, 2.75) is 51.6 Å². The van der Waals surface area contributed by atoms with Crippen molar-refractivity contribution in [1.82, 2.24) is 15.2 Å². The Morgan fingerprint density at radius 3 is 2.85 bits per heavy atom. The van der Waals surface area contributed by atoms with Crippen molar-refractivity contribution >= 4 is 28.5 Å². The summed E-state index contributed by atoms with van der Waals surface area (Å²) < 4.78 is 5.41. The zero-order chi connectivity index (χ0) is 24.2. The lowest BCUT2D eigenvalue weighted by Crippen LogP contribution is -2.52. The zero-order valence-corrected chi connectivity index (χ0v) is 19.8. The Morgan fingerprint density at radius 1 is 1.38 bits per heavy atom. The van der Waals surface area contributed by atoms with Gasteiger partial charge < -0.3 is 19.9 Å². The van der Waals surface area contributed by atoms with E-state index in [0.717, 1.165) is 23.7 Å². The van der Waals surface area contributed by atoms with Gasteiger partial charge in [0.2, 0.25) is 5.91 Å². The molecule has 2 N–H and O–H groups in total. The first kappa shape index (κ1) is 22.5. The number of benzene rings is 1. The van der Waals surface area contributed by atoms with Gasteiger partial charge in [0.1, 0.15) is 29.3 Å². The van der Waals surface area contributed by atoms with Gasteiger partial charge in [-0.1, -0.05) is 19.9 Å². The molecule has 2 amide bonds. The van der Waals surface area contributed by atoms with Crippen LogP contribution in [0.5, 0.6) is 5.75 Å². The molecule has 2 saturated carbocycles. The second-order valence-corrected chi connectivity index (χ2v) is 10.4. The molecule has 1 saturated heterocycles. The third kappa shape index (κ3) is 3.54. The Balaban J connectivity index is 1.37. The van der Waals surface area contributed by atoms with Crippen LogP contribution in [0.4, 0.5) is 0 Å². The number of rotatable bonds is 6. The summed E-state index contributed by atoms with van der Waals surface area (Å²) in [6.45, 7) is 4.74. The molecular formula is C26H30N4O4. The van der Waals surface area contributed by atoms with Gasteiger partial charge >= 0.3 is 0 Å². The molecule has 1 aromatic heterocycles. The van der Waals surface area contributed by atoms with E-state index in [4.69, 9.17) is 4.74 Å². The number of amides is 2. The molecule has 3 fully saturated rings. The van der Waals surface area contributed by atoms with Crippen LogP contribution in [0.1, 0.15) is 50.0 Å². The number of hydrogen-bond donors (Lipinski definition) is 2. The molecule has 178 valence electrons. The number of methoxy groups -OCH3 is 1. The normalized spacial score (nSPS) is 27.8. The summed E-state index contributed by atoms with van der Waals surface area (Å²) >= 11 is 0. The predicted molar refractivity (Wildman–Crippen MR) is 125 cm³/mol. The first-order valence-electron chi connectivity index (χ1n) is 12.0. The lowest BCUT2D eigenvalue weighted by Gasteiger charge is -2.30. The number of H-pyrrole nitrogens is 1. The molecule has 0 spiro atoms. The first-order chi connectivity index (χ1) is 16.3. The number of Topliss-reactive ketones (excluding diaryl/α,β-unsaturated/α-hetero) is 1. The number of fused-ring (bicyclic) bond motifs is 2. The van der Waals surface area contributed by atoms with Crippen LogP contribution >= 0.6 is 0 Å². The number of nitriles is 1. The van der Waals surface area contributed by atoms with Gasteiger partial charge in [0, 0.05) is 29.8 Å². The smallest absolute Gasteiger partial charge is 0.271 e. The lowest BCUT2D eigenvalue weighted by atomic mass is 9.96. The number of aromatic amines is 1. The molecule has 1 unspecified atom stereocenters.